The summed E-state index contributed by atoms with van der Waals surface area (Å²) < 4.78 is 0. The van der Waals surface area contributed by atoms with Gasteiger partial charge >= 0.3 is 0 Å². The fourth-order valence-electron chi connectivity index (χ4n) is 1.53. The second-order valence-electron chi connectivity index (χ2n) is 3.30. The third-order valence-electron chi connectivity index (χ3n) is 2.31. The Bertz CT molecular complexity index is 735. The Hall–Kier alpha value is -2.28. The van der Waals surface area contributed by atoms with Crippen LogP contribution in [0.15, 0.2) is 23.0 Å². The zero-order valence-corrected chi connectivity index (χ0v) is 9.06. The van der Waals surface area contributed by atoms with E-state index < -0.39 is 0 Å². The van der Waals surface area contributed by atoms with Gasteiger partial charge in [-0.25, -0.2) is 0 Å². The van der Waals surface area contributed by atoms with E-state index >= 15 is 0 Å². The van der Waals surface area contributed by atoms with Gasteiger partial charge in [0.05, 0.1) is 15.9 Å². The van der Waals surface area contributed by atoms with Gasteiger partial charge in [0.2, 0.25) is 11.3 Å². The summed E-state index contributed by atoms with van der Waals surface area (Å²) in [6.45, 7) is 0. The second-order valence-corrected chi connectivity index (χ2v) is 3.71. The number of aromatic nitrogens is 6. The molecular formula is C9H5ClN6O. The van der Waals surface area contributed by atoms with Gasteiger partial charge in [-0.15, -0.1) is 10.2 Å². The van der Waals surface area contributed by atoms with Gasteiger partial charge in [-0.05, 0) is 17.3 Å². The van der Waals surface area contributed by atoms with Crippen molar-refractivity contribution in [2.24, 2.45) is 0 Å². The molecule has 0 radical (unpaired) electrons. The predicted molar refractivity (Wildman–Crippen MR) is 60.5 cm³/mol. The summed E-state index contributed by atoms with van der Waals surface area (Å²) >= 11 is 5.95. The van der Waals surface area contributed by atoms with Crippen LogP contribution < -0.4 is 5.43 Å². The van der Waals surface area contributed by atoms with Crippen LogP contribution in [0.3, 0.4) is 0 Å². The van der Waals surface area contributed by atoms with E-state index in [1.807, 2.05) is 0 Å². The summed E-state index contributed by atoms with van der Waals surface area (Å²) in [6.07, 6.45) is 0. The second kappa shape index (κ2) is 3.63. The Balaban J connectivity index is 2.38. The van der Waals surface area contributed by atoms with Gasteiger partial charge in [0.25, 0.3) is 0 Å². The first-order chi connectivity index (χ1) is 8.27. The summed E-state index contributed by atoms with van der Waals surface area (Å²) in [4.78, 5) is 12.1. The largest absolute Gasteiger partial charge is 0.287 e. The number of nitrogens with zero attached hydrogens (tertiary/aromatic N) is 4. The van der Waals surface area contributed by atoms with Crippen LogP contribution in [0.1, 0.15) is 0 Å². The first-order valence-corrected chi connectivity index (χ1v) is 5.06. The van der Waals surface area contributed by atoms with E-state index in [1.54, 1.807) is 18.2 Å². The first-order valence-electron chi connectivity index (χ1n) is 4.68. The SMILES string of the molecule is O=c1c(-c2nn[nH]n2)n[nH]c2c(Cl)cccc12. The standard InChI is InChI=1S/C9H5ClN6O/c10-5-3-1-2-4-6(5)11-12-7(8(4)17)9-13-15-16-14-9/h1-3H,(H,11,17)(H,13,14,15,16). The lowest BCUT2D eigenvalue weighted by atomic mass is 10.2. The van der Waals surface area contributed by atoms with E-state index in [4.69, 9.17) is 11.6 Å². The molecule has 17 heavy (non-hydrogen) atoms. The summed E-state index contributed by atoms with van der Waals surface area (Å²) in [7, 11) is 0. The third-order valence-corrected chi connectivity index (χ3v) is 2.62. The molecule has 84 valence electrons. The van der Waals surface area contributed by atoms with Gasteiger partial charge in [0, 0.05) is 0 Å². The van der Waals surface area contributed by atoms with Crippen molar-refractivity contribution in [2.75, 3.05) is 0 Å². The molecule has 1 aromatic carbocycles. The number of nitrogens with one attached hydrogen (secondary N) is 2. The highest BCUT2D eigenvalue weighted by Gasteiger charge is 2.13. The van der Waals surface area contributed by atoms with Crippen molar-refractivity contribution in [3.05, 3.63) is 33.4 Å². The van der Waals surface area contributed by atoms with E-state index in [0.717, 1.165) is 0 Å². The molecule has 0 unspecified atom stereocenters. The number of rotatable bonds is 1. The van der Waals surface area contributed by atoms with E-state index in [9.17, 15) is 4.79 Å². The molecule has 0 aliphatic carbocycles. The number of tetrazole rings is 1. The molecule has 0 bridgehead atoms. The summed E-state index contributed by atoms with van der Waals surface area (Å²) in [5, 5.41) is 20.6. The van der Waals surface area contributed by atoms with Gasteiger partial charge in [-0.2, -0.15) is 10.3 Å². The normalized spacial score (nSPS) is 10.9. The first kappa shape index (κ1) is 9.91. The average Bonchev–Trinajstić information content (AvgIpc) is 2.84. The van der Waals surface area contributed by atoms with Gasteiger partial charge in [0.15, 0.2) is 5.69 Å². The number of para-hydroxylation sites is 1. The highest BCUT2D eigenvalue weighted by Crippen LogP contribution is 2.19. The molecule has 0 fully saturated rings. The fraction of sp³-hybridized carbons (Fsp3) is 0. The summed E-state index contributed by atoms with van der Waals surface area (Å²) in [5.41, 5.74) is 0.308. The minimum Gasteiger partial charge on any atom is -0.287 e. The van der Waals surface area contributed by atoms with Crippen LogP contribution in [0, 0.1) is 0 Å². The van der Waals surface area contributed by atoms with E-state index in [-0.39, 0.29) is 16.9 Å². The molecule has 0 saturated carbocycles. The van der Waals surface area contributed by atoms with Gasteiger partial charge in [0.1, 0.15) is 0 Å². The zero-order valence-electron chi connectivity index (χ0n) is 8.31. The highest BCUT2D eigenvalue weighted by atomic mass is 35.5. The molecule has 8 heteroatoms. The zero-order chi connectivity index (χ0) is 11.8. The topological polar surface area (TPSA) is 100 Å². The van der Waals surface area contributed by atoms with Crippen LogP contribution in [0.4, 0.5) is 0 Å². The Morgan fingerprint density at radius 1 is 1.24 bits per heavy atom. The number of fused-ring (bicyclic) bond motifs is 1. The molecule has 2 aromatic heterocycles. The van der Waals surface area contributed by atoms with Gasteiger partial charge in [-0.1, -0.05) is 17.7 Å². The quantitative estimate of drug-likeness (QED) is 0.662. The van der Waals surface area contributed by atoms with E-state index in [2.05, 4.69) is 30.8 Å². The molecule has 0 saturated heterocycles. The van der Waals surface area contributed by atoms with Crippen LogP contribution in [0.2, 0.25) is 5.02 Å². The Morgan fingerprint density at radius 2 is 2.12 bits per heavy atom. The lowest BCUT2D eigenvalue weighted by molar-refractivity contribution is 0.881. The Kier molecular flexibility index (Phi) is 2.12. The number of halogens is 1. The van der Waals surface area contributed by atoms with Gasteiger partial charge in [-0.3, -0.25) is 9.89 Å². The maximum atomic E-state index is 12.1. The maximum Gasteiger partial charge on any atom is 0.228 e. The van der Waals surface area contributed by atoms with Crippen LogP contribution in [0.25, 0.3) is 22.4 Å². The van der Waals surface area contributed by atoms with Crippen molar-refractivity contribution in [3.63, 3.8) is 0 Å². The number of H-pyrrole nitrogens is 2. The fourth-order valence-corrected chi connectivity index (χ4v) is 1.75. The van der Waals surface area contributed by atoms with Crippen molar-refractivity contribution in [1.29, 1.82) is 0 Å². The molecule has 0 atom stereocenters. The molecule has 0 amide bonds. The summed E-state index contributed by atoms with van der Waals surface area (Å²) in [6, 6.07) is 5.03. The highest BCUT2D eigenvalue weighted by molar-refractivity contribution is 6.34. The molecule has 0 spiro atoms. The minimum absolute atomic E-state index is 0.105. The average molecular weight is 249 g/mol. The van der Waals surface area contributed by atoms with Crippen molar-refractivity contribution in [2.45, 2.75) is 0 Å². The van der Waals surface area contributed by atoms with Crippen molar-refractivity contribution in [3.8, 4) is 11.5 Å². The van der Waals surface area contributed by atoms with E-state index in [0.29, 0.717) is 15.9 Å². The van der Waals surface area contributed by atoms with Crippen molar-refractivity contribution < 1.29 is 0 Å². The Morgan fingerprint density at radius 3 is 2.88 bits per heavy atom. The third kappa shape index (κ3) is 1.48. The van der Waals surface area contributed by atoms with Crippen molar-refractivity contribution >= 4 is 22.5 Å². The molecule has 0 aliphatic rings. The molecular weight excluding hydrogens is 244 g/mol. The van der Waals surface area contributed by atoms with Crippen molar-refractivity contribution in [1.82, 2.24) is 30.8 Å². The number of hydrogen-bond donors (Lipinski definition) is 2. The molecule has 3 aromatic rings. The lowest BCUT2D eigenvalue weighted by Gasteiger charge is -2.00. The number of aromatic amines is 2. The molecule has 2 N–H and O–H groups in total. The molecule has 0 aliphatic heterocycles. The molecule has 3 rings (SSSR count). The monoisotopic (exact) mass is 248 g/mol. The lowest BCUT2D eigenvalue weighted by Crippen LogP contribution is -2.10. The number of benzene rings is 1. The number of hydrogen-bond acceptors (Lipinski definition) is 5. The predicted octanol–water partition coefficient (Wildman–Crippen LogP) is 0.757. The van der Waals surface area contributed by atoms with Crippen LogP contribution in [0.5, 0.6) is 0 Å². The molecule has 7 nitrogen and oxygen atoms in total. The van der Waals surface area contributed by atoms with Crippen LogP contribution in [-0.2, 0) is 0 Å². The van der Waals surface area contributed by atoms with Crippen LogP contribution >= 0.6 is 11.6 Å². The summed E-state index contributed by atoms with van der Waals surface area (Å²) in [5.74, 6) is 0.146. The van der Waals surface area contributed by atoms with Crippen LogP contribution in [-0.4, -0.2) is 30.8 Å². The Labute approximate surface area is 98.8 Å². The maximum absolute atomic E-state index is 12.1. The van der Waals surface area contributed by atoms with E-state index in [1.165, 1.54) is 0 Å². The smallest absolute Gasteiger partial charge is 0.228 e. The minimum atomic E-state index is -0.289. The van der Waals surface area contributed by atoms with Gasteiger partial charge < -0.3 is 0 Å². The molecule has 2 heterocycles.